The maximum atomic E-state index is 13.8. The number of carbonyl (C=O) groups is 1. The number of hydrogen-bond donors (Lipinski definition) is 0. The zero-order chi connectivity index (χ0) is 26.8. The monoisotopic (exact) mass is 533 g/mol. The van der Waals surface area contributed by atoms with E-state index in [1.165, 1.54) is 11.3 Å². The SMILES string of the molecule is COc1ccc(OC)c2sc(N3C(=O)/C(=C\c4ccc(Oc5ccccc5)cc4)N=C3c3ccccc3)nc12. The predicted molar refractivity (Wildman–Crippen MR) is 154 cm³/mol. The number of aromatic nitrogens is 1. The number of methoxy groups -OCH3 is 2. The fourth-order valence-corrected chi connectivity index (χ4v) is 5.33. The Balaban J connectivity index is 1.38. The fraction of sp³-hybridized carbons (Fsp3) is 0.0645. The highest BCUT2D eigenvalue weighted by Gasteiger charge is 2.35. The van der Waals surface area contributed by atoms with Crippen LogP contribution in [0.3, 0.4) is 0 Å². The molecule has 7 nitrogen and oxygen atoms in total. The van der Waals surface area contributed by atoms with Gasteiger partial charge in [-0.25, -0.2) is 14.9 Å². The van der Waals surface area contributed by atoms with Crippen molar-refractivity contribution in [2.75, 3.05) is 19.1 Å². The molecule has 1 amide bonds. The third-order valence-corrected chi connectivity index (χ3v) is 7.20. The second-order valence-corrected chi connectivity index (χ2v) is 9.58. The minimum atomic E-state index is -0.268. The number of para-hydroxylation sites is 1. The number of ether oxygens (including phenoxy) is 3. The van der Waals surface area contributed by atoms with Gasteiger partial charge in [0.15, 0.2) is 5.13 Å². The number of aliphatic imine (C=N–C) groups is 1. The number of rotatable bonds is 7. The molecule has 0 aliphatic carbocycles. The van der Waals surface area contributed by atoms with Crippen LogP contribution in [-0.4, -0.2) is 30.9 Å². The highest BCUT2D eigenvalue weighted by atomic mass is 32.1. The van der Waals surface area contributed by atoms with Crippen LogP contribution in [0.1, 0.15) is 11.1 Å². The number of hydrogen-bond acceptors (Lipinski definition) is 7. The van der Waals surface area contributed by atoms with Crippen LogP contribution >= 0.6 is 11.3 Å². The van der Waals surface area contributed by atoms with Gasteiger partial charge < -0.3 is 14.2 Å². The van der Waals surface area contributed by atoms with E-state index in [9.17, 15) is 4.79 Å². The Morgan fingerprint density at radius 3 is 2.10 bits per heavy atom. The molecule has 192 valence electrons. The summed E-state index contributed by atoms with van der Waals surface area (Å²) in [5, 5.41) is 0.482. The Hall–Kier alpha value is -4.95. The van der Waals surface area contributed by atoms with Crippen LogP contribution in [0.2, 0.25) is 0 Å². The molecule has 0 bridgehead atoms. The van der Waals surface area contributed by atoms with E-state index in [0.29, 0.717) is 39.4 Å². The van der Waals surface area contributed by atoms with Gasteiger partial charge in [-0.3, -0.25) is 4.79 Å². The molecule has 0 radical (unpaired) electrons. The van der Waals surface area contributed by atoms with Crippen molar-refractivity contribution in [1.82, 2.24) is 4.98 Å². The van der Waals surface area contributed by atoms with Gasteiger partial charge in [-0.05, 0) is 48.0 Å². The summed E-state index contributed by atoms with van der Waals surface area (Å²) in [7, 11) is 3.20. The molecule has 4 aromatic carbocycles. The first-order valence-corrected chi connectivity index (χ1v) is 13.0. The lowest BCUT2D eigenvalue weighted by molar-refractivity contribution is -0.113. The lowest BCUT2D eigenvalue weighted by atomic mass is 10.2. The smallest absolute Gasteiger partial charge is 0.284 e. The van der Waals surface area contributed by atoms with Gasteiger partial charge in [0.05, 0.1) is 14.2 Å². The van der Waals surface area contributed by atoms with Crippen LogP contribution < -0.4 is 19.1 Å². The van der Waals surface area contributed by atoms with Gasteiger partial charge in [0.2, 0.25) is 0 Å². The number of amidine groups is 1. The molecule has 5 aromatic rings. The summed E-state index contributed by atoms with van der Waals surface area (Å²) in [5.41, 5.74) is 2.57. The summed E-state index contributed by atoms with van der Waals surface area (Å²) in [6.07, 6.45) is 1.77. The molecular weight excluding hydrogens is 510 g/mol. The number of fused-ring (bicyclic) bond motifs is 1. The maximum absolute atomic E-state index is 13.8. The number of benzene rings is 4. The molecule has 0 N–H and O–H groups in total. The van der Waals surface area contributed by atoms with Gasteiger partial charge in [0.1, 0.15) is 44.7 Å². The molecule has 0 fully saturated rings. The van der Waals surface area contributed by atoms with Crippen molar-refractivity contribution < 1.29 is 19.0 Å². The topological polar surface area (TPSA) is 73.2 Å². The van der Waals surface area contributed by atoms with Crippen molar-refractivity contribution in [3.05, 3.63) is 114 Å². The van der Waals surface area contributed by atoms with Crippen molar-refractivity contribution in [3.63, 3.8) is 0 Å². The van der Waals surface area contributed by atoms with E-state index in [0.717, 1.165) is 21.6 Å². The maximum Gasteiger partial charge on any atom is 0.284 e. The first kappa shape index (κ1) is 24.4. The molecule has 2 heterocycles. The molecule has 6 rings (SSSR count). The van der Waals surface area contributed by atoms with Crippen LogP contribution in [0.15, 0.2) is 108 Å². The summed E-state index contributed by atoms with van der Waals surface area (Å²) in [4.78, 5) is 24.9. The van der Waals surface area contributed by atoms with Crippen molar-refractivity contribution in [1.29, 1.82) is 0 Å². The standard InChI is InChI=1S/C31H23N3O4S/c1-36-25-17-18-26(37-2)28-27(25)33-31(39-28)34-29(21-9-5-3-6-10-21)32-24(30(34)35)19-20-13-15-23(16-14-20)38-22-11-7-4-8-12-22/h3-19H,1-2H3/b24-19+. The van der Waals surface area contributed by atoms with Crippen LogP contribution in [0.5, 0.6) is 23.0 Å². The molecule has 1 aromatic heterocycles. The number of thiazole rings is 1. The van der Waals surface area contributed by atoms with E-state index < -0.39 is 0 Å². The fourth-order valence-electron chi connectivity index (χ4n) is 4.26. The Morgan fingerprint density at radius 1 is 0.769 bits per heavy atom. The van der Waals surface area contributed by atoms with E-state index in [2.05, 4.69) is 0 Å². The largest absolute Gasteiger partial charge is 0.495 e. The quantitative estimate of drug-likeness (QED) is 0.212. The van der Waals surface area contributed by atoms with Crippen LogP contribution in [0, 0.1) is 0 Å². The summed E-state index contributed by atoms with van der Waals surface area (Å²) >= 11 is 1.35. The molecule has 39 heavy (non-hydrogen) atoms. The zero-order valence-electron chi connectivity index (χ0n) is 21.2. The van der Waals surface area contributed by atoms with Crippen LogP contribution in [0.4, 0.5) is 5.13 Å². The Labute approximate surface area is 229 Å². The average molecular weight is 534 g/mol. The lowest BCUT2D eigenvalue weighted by Gasteiger charge is -2.14. The minimum absolute atomic E-state index is 0.268. The highest BCUT2D eigenvalue weighted by Crippen LogP contribution is 2.41. The molecule has 1 aliphatic heterocycles. The van der Waals surface area contributed by atoms with Crippen molar-refractivity contribution in [2.45, 2.75) is 0 Å². The molecule has 0 saturated heterocycles. The Bertz CT molecular complexity index is 1670. The van der Waals surface area contributed by atoms with E-state index in [1.54, 1.807) is 31.3 Å². The average Bonchev–Trinajstić information content (AvgIpc) is 3.56. The van der Waals surface area contributed by atoms with Gasteiger partial charge in [0.25, 0.3) is 5.91 Å². The van der Waals surface area contributed by atoms with Gasteiger partial charge in [0, 0.05) is 5.56 Å². The number of anilines is 1. The molecule has 0 unspecified atom stereocenters. The predicted octanol–water partition coefficient (Wildman–Crippen LogP) is 6.94. The summed E-state index contributed by atoms with van der Waals surface area (Å²) < 4.78 is 17.8. The van der Waals surface area contributed by atoms with Gasteiger partial charge in [-0.1, -0.05) is 72.0 Å². The molecule has 0 atom stereocenters. The lowest BCUT2D eigenvalue weighted by Crippen LogP contribution is -2.32. The summed E-state index contributed by atoms with van der Waals surface area (Å²) in [6.45, 7) is 0. The van der Waals surface area contributed by atoms with Crippen molar-refractivity contribution in [2.24, 2.45) is 4.99 Å². The molecule has 1 aliphatic rings. The molecule has 0 spiro atoms. The first-order chi connectivity index (χ1) is 19.1. The number of amides is 1. The summed E-state index contributed by atoms with van der Waals surface area (Å²) in [6, 6.07) is 30.3. The van der Waals surface area contributed by atoms with E-state index in [1.807, 2.05) is 91.0 Å². The van der Waals surface area contributed by atoms with E-state index >= 15 is 0 Å². The third kappa shape index (κ3) is 4.73. The Kier molecular flexibility index (Phi) is 6.52. The van der Waals surface area contributed by atoms with Crippen LogP contribution in [-0.2, 0) is 4.79 Å². The number of carbonyl (C=O) groups excluding carboxylic acids is 1. The summed E-state index contributed by atoms with van der Waals surface area (Å²) in [5.74, 6) is 2.96. The zero-order valence-corrected chi connectivity index (χ0v) is 22.0. The van der Waals surface area contributed by atoms with E-state index in [-0.39, 0.29) is 5.91 Å². The molecule has 0 saturated carbocycles. The number of nitrogens with zero attached hydrogens (tertiary/aromatic N) is 3. The first-order valence-electron chi connectivity index (χ1n) is 12.2. The molecule has 8 heteroatoms. The highest BCUT2D eigenvalue weighted by molar-refractivity contribution is 7.23. The second kappa shape index (κ2) is 10.4. The van der Waals surface area contributed by atoms with Gasteiger partial charge in [-0.15, -0.1) is 0 Å². The second-order valence-electron chi connectivity index (χ2n) is 8.60. The van der Waals surface area contributed by atoms with Crippen molar-refractivity contribution in [3.8, 4) is 23.0 Å². The third-order valence-electron chi connectivity index (χ3n) is 6.14. The molecular formula is C31H23N3O4S. The Morgan fingerprint density at radius 2 is 1.41 bits per heavy atom. The van der Waals surface area contributed by atoms with Crippen molar-refractivity contribution >= 4 is 44.5 Å². The normalized spacial score (nSPS) is 14.1. The van der Waals surface area contributed by atoms with E-state index in [4.69, 9.17) is 24.2 Å². The van der Waals surface area contributed by atoms with Gasteiger partial charge in [-0.2, -0.15) is 0 Å². The van der Waals surface area contributed by atoms with Gasteiger partial charge >= 0.3 is 0 Å². The minimum Gasteiger partial charge on any atom is -0.495 e. The van der Waals surface area contributed by atoms with Crippen LogP contribution in [0.25, 0.3) is 16.3 Å².